The van der Waals surface area contributed by atoms with Crippen molar-refractivity contribution >= 4 is 43.5 Å². The average molecular weight is 583 g/mol. The minimum Gasteiger partial charge on any atom is -0.454 e. The Bertz CT molecular complexity index is 1190. The van der Waals surface area contributed by atoms with Crippen molar-refractivity contribution in [1.29, 1.82) is 0 Å². The van der Waals surface area contributed by atoms with Gasteiger partial charge in [-0.1, -0.05) is 35.0 Å². The highest BCUT2D eigenvalue weighted by Gasteiger charge is 2.32. The van der Waals surface area contributed by atoms with Crippen molar-refractivity contribution in [1.82, 2.24) is 10.2 Å². The van der Waals surface area contributed by atoms with Gasteiger partial charge >= 0.3 is 0 Å². The maximum Gasteiger partial charge on any atom is 0.244 e. The molecule has 0 fully saturated rings. The van der Waals surface area contributed by atoms with Crippen molar-refractivity contribution in [3.8, 4) is 11.5 Å². The Balaban J connectivity index is 1.93. The molecular weight excluding hydrogens is 550 g/mol. The molecule has 0 spiro atoms. The molecule has 2 aromatic carbocycles. The molecule has 9 nitrogen and oxygen atoms in total. The maximum atomic E-state index is 13.7. The van der Waals surface area contributed by atoms with Gasteiger partial charge in [-0.2, -0.15) is 0 Å². The molecule has 1 aliphatic heterocycles. The van der Waals surface area contributed by atoms with Crippen LogP contribution < -0.4 is 19.1 Å². The fourth-order valence-electron chi connectivity index (χ4n) is 3.59. The fraction of sp³-hybridized carbons (Fsp3) is 0.440. The van der Waals surface area contributed by atoms with Crippen LogP contribution in [0.1, 0.15) is 39.7 Å². The standard InChI is InChI=1S/C25H32BrN3O6S/c1-5-17(3)27-25(31)18(4)28(14-19-7-9-20(26)10-8-19)24(30)15-29(36(32,33)6-2)21-11-12-22-23(13-21)35-16-34-22/h7-13,17-18H,5-6,14-16H2,1-4H3,(H,27,31)/t17-,18-/m1/s1. The smallest absolute Gasteiger partial charge is 0.244 e. The lowest BCUT2D eigenvalue weighted by Crippen LogP contribution is -2.52. The first-order valence-electron chi connectivity index (χ1n) is 11.8. The van der Waals surface area contributed by atoms with Gasteiger partial charge in [-0.15, -0.1) is 0 Å². The van der Waals surface area contributed by atoms with E-state index in [1.165, 1.54) is 11.8 Å². The summed E-state index contributed by atoms with van der Waals surface area (Å²) in [5.74, 6) is -0.0940. The van der Waals surface area contributed by atoms with Crippen LogP contribution in [0.3, 0.4) is 0 Å². The average Bonchev–Trinajstić information content (AvgIpc) is 3.34. The second-order valence-electron chi connectivity index (χ2n) is 8.59. The third-order valence-corrected chi connectivity index (χ3v) is 8.33. The van der Waals surface area contributed by atoms with Crippen molar-refractivity contribution < 1.29 is 27.5 Å². The molecule has 36 heavy (non-hydrogen) atoms. The zero-order valence-corrected chi connectivity index (χ0v) is 23.3. The summed E-state index contributed by atoms with van der Waals surface area (Å²) in [6.45, 7) is 6.73. The number of rotatable bonds is 11. The van der Waals surface area contributed by atoms with E-state index in [-0.39, 0.29) is 36.7 Å². The van der Waals surface area contributed by atoms with Gasteiger partial charge < -0.3 is 19.7 Å². The van der Waals surface area contributed by atoms with Gasteiger partial charge in [-0.3, -0.25) is 13.9 Å². The Morgan fingerprint density at radius 2 is 1.72 bits per heavy atom. The van der Waals surface area contributed by atoms with Crippen LogP contribution >= 0.6 is 15.9 Å². The predicted molar refractivity (Wildman–Crippen MR) is 141 cm³/mol. The normalized spacial score (nSPS) is 14.1. The quantitative estimate of drug-likeness (QED) is 0.434. The fourth-order valence-corrected chi connectivity index (χ4v) is 4.91. The Morgan fingerprint density at radius 1 is 1.06 bits per heavy atom. The predicted octanol–water partition coefficient (Wildman–Crippen LogP) is 3.67. The number of amides is 2. The molecule has 11 heteroatoms. The number of carbonyl (C=O) groups is 2. The van der Waals surface area contributed by atoms with Gasteiger partial charge in [-0.25, -0.2) is 8.42 Å². The Kier molecular flexibility index (Phi) is 9.24. The topological polar surface area (TPSA) is 105 Å². The Labute approximate surface area is 220 Å². The lowest BCUT2D eigenvalue weighted by Gasteiger charge is -2.32. The molecule has 0 unspecified atom stereocenters. The van der Waals surface area contributed by atoms with Crippen LogP contribution in [0.15, 0.2) is 46.9 Å². The summed E-state index contributed by atoms with van der Waals surface area (Å²) in [7, 11) is -3.82. The van der Waals surface area contributed by atoms with Gasteiger partial charge in [0.25, 0.3) is 0 Å². The maximum absolute atomic E-state index is 13.7. The van der Waals surface area contributed by atoms with Crippen LogP contribution in [0.5, 0.6) is 11.5 Å². The number of hydrogen-bond donors (Lipinski definition) is 1. The summed E-state index contributed by atoms with van der Waals surface area (Å²) in [5.41, 5.74) is 1.09. The van der Waals surface area contributed by atoms with Crippen LogP contribution in [0.2, 0.25) is 0 Å². The summed E-state index contributed by atoms with van der Waals surface area (Å²) in [6.07, 6.45) is 0.742. The van der Waals surface area contributed by atoms with Crippen LogP contribution in [-0.2, 0) is 26.2 Å². The number of halogens is 1. The summed E-state index contributed by atoms with van der Waals surface area (Å²) < 4.78 is 38.7. The molecule has 0 radical (unpaired) electrons. The van der Waals surface area contributed by atoms with E-state index in [4.69, 9.17) is 9.47 Å². The number of ether oxygens (including phenoxy) is 2. The molecule has 196 valence electrons. The van der Waals surface area contributed by atoms with E-state index in [9.17, 15) is 18.0 Å². The van der Waals surface area contributed by atoms with Gasteiger partial charge in [0, 0.05) is 23.1 Å². The van der Waals surface area contributed by atoms with E-state index >= 15 is 0 Å². The number of nitrogens with one attached hydrogen (secondary N) is 1. The SMILES string of the molecule is CC[C@@H](C)NC(=O)[C@@H](C)N(Cc1ccc(Br)cc1)C(=O)CN(c1ccc2c(c1)OCO2)S(=O)(=O)CC. The molecular formula is C25H32BrN3O6S. The Morgan fingerprint density at radius 3 is 2.36 bits per heavy atom. The lowest BCUT2D eigenvalue weighted by atomic mass is 10.1. The third-order valence-electron chi connectivity index (χ3n) is 6.06. The molecule has 0 aromatic heterocycles. The molecule has 0 saturated carbocycles. The molecule has 1 aliphatic rings. The molecule has 2 aromatic rings. The number of fused-ring (bicyclic) bond motifs is 1. The van der Waals surface area contributed by atoms with Crippen molar-refractivity contribution in [3.63, 3.8) is 0 Å². The largest absolute Gasteiger partial charge is 0.454 e. The van der Waals surface area contributed by atoms with E-state index in [1.807, 2.05) is 38.1 Å². The minimum atomic E-state index is -3.82. The number of carbonyl (C=O) groups excluding carboxylic acids is 2. The van der Waals surface area contributed by atoms with Crippen LogP contribution in [0.25, 0.3) is 0 Å². The zero-order chi connectivity index (χ0) is 26.5. The van der Waals surface area contributed by atoms with Gasteiger partial charge in [0.1, 0.15) is 12.6 Å². The van der Waals surface area contributed by atoms with E-state index in [2.05, 4.69) is 21.2 Å². The summed E-state index contributed by atoms with van der Waals surface area (Å²) in [5, 5.41) is 2.91. The number of benzene rings is 2. The molecule has 0 aliphatic carbocycles. The van der Waals surface area contributed by atoms with Gasteiger partial charge in [0.05, 0.1) is 11.4 Å². The van der Waals surface area contributed by atoms with Gasteiger partial charge in [-0.05, 0) is 57.0 Å². The number of anilines is 1. The van der Waals surface area contributed by atoms with Crippen molar-refractivity contribution in [2.24, 2.45) is 0 Å². The molecule has 0 bridgehead atoms. The number of sulfonamides is 1. The summed E-state index contributed by atoms with van der Waals surface area (Å²) in [4.78, 5) is 28.0. The van der Waals surface area contributed by atoms with Gasteiger partial charge in [0.15, 0.2) is 11.5 Å². The Hall–Kier alpha value is -2.79. The van der Waals surface area contributed by atoms with E-state index in [0.29, 0.717) is 11.5 Å². The first-order chi connectivity index (χ1) is 17.1. The summed E-state index contributed by atoms with van der Waals surface area (Å²) >= 11 is 3.40. The second-order valence-corrected chi connectivity index (χ2v) is 11.7. The first kappa shape index (κ1) is 27.8. The van der Waals surface area contributed by atoms with Crippen LogP contribution in [-0.4, -0.2) is 56.3 Å². The third kappa shape index (κ3) is 6.70. The highest BCUT2D eigenvalue weighted by Crippen LogP contribution is 2.36. The number of hydrogen-bond acceptors (Lipinski definition) is 6. The molecule has 0 saturated heterocycles. The zero-order valence-electron chi connectivity index (χ0n) is 20.9. The highest BCUT2D eigenvalue weighted by atomic mass is 79.9. The van der Waals surface area contributed by atoms with Crippen molar-refractivity contribution in [2.45, 2.75) is 52.7 Å². The van der Waals surface area contributed by atoms with Crippen LogP contribution in [0, 0.1) is 0 Å². The van der Waals surface area contributed by atoms with Crippen molar-refractivity contribution in [3.05, 3.63) is 52.5 Å². The first-order valence-corrected chi connectivity index (χ1v) is 14.2. The molecule has 1 heterocycles. The van der Waals surface area contributed by atoms with E-state index in [1.54, 1.807) is 25.1 Å². The monoisotopic (exact) mass is 581 g/mol. The van der Waals surface area contributed by atoms with E-state index < -0.39 is 28.5 Å². The van der Waals surface area contributed by atoms with Crippen LogP contribution in [0.4, 0.5) is 5.69 Å². The second kappa shape index (κ2) is 12.0. The molecule has 3 rings (SSSR count). The molecule has 2 atom stereocenters. The molecule has 2 amide bonds. The highest BCUT2D eigenvalue weighted by molar-refractivity contribution is 9.10. The summed E-state index contributed by atoms with van der Waals surface area (Å²) in [6, 6.07) is 11.2. The van der Waals surface area contributed by atoms with Gasteiger partial charge in [0.2, 0.25) is 28.6 Å². The van der Waals surface area contributed by atoms with Crippen molar-refractivity contribution in [2.75, 3.05) is 23.4 Å². The number of nitrogens with zero attached hydrogens (tertiary/aromatic N) is 2. The molecule has 1 N–H and O–H groups in total. The lowest BCUT2D eigenvalue weighted by molar-refractivity contribution is -0.139. The van der Waals surface area contributed by atoms with E-state index in [0.717, 1.165) is 20.8 Å². The minimum absolute atomic E-state index is 0.0437.